The van der Waals surface area contributed by atoms with Crippen LogP contribution >= 0.6 is 21.7 Å². The Morgan fingerprint density at radius 2 is 1.50 bits per heavy atom. The van der Waals surface area contributed by atoms with Gasteiger partial charge in [0.25, 0.3) is 9.03 Å². The Balaban J connectivity index is 1.87. The molecule has 0 aromatic heterocycles. The van der Waals surface area contributed by atoms with Gasteiger partial charge in [-0.2, -0.15) is 0 Å². The average molecular weight is 250 g/mol. The van der Waals surface area contributed by atoms with E-state index in [-0.39, 0.29) is 9.03 Å². The van der Waals surface area contributed by atoms with E-state index in [1.807, 2.05) is 54.6 Å². The predicted molar refractivity (Wildman–Crippen MR) is 69.7 cm³/mol. The molecule has 0 aliphatic rings. The summed E-state index contributed by atoms with van der Waals surface area (Å²) in [5.41, 5.74) is 0. The zero-order valence-electron chi connectivity index (χ0n) is 8.46. The molecule has 0 saturated carbocycles. The minimum absolute atomic E-state index is 0.0654. The van der Waals surface area contributed by atoms with Crippen LogP contribution in [0.4, 0.5) is 0 Å². The molecule has 0 N–H and O–H groups in total. The van der Waals surface area contributed by atoms with Gasteiger partial charge in [-0.15, -0.1) is 12.6 Å². The minimum atomic E-state index is -0.0654. The molecule has 0 aliphatic carbocycles. The number of rotatable bonds is 4. The molecule has 4 heteroatoms. The van der Waals surface area contributed by atoms with Crippen LogP contribution in [0.3, 0.4) is 0 Å². The Bertz CT molecular complexity index is 448. The highest BCUT2D eigenvalue weighted by Gasteiger charge is 1.99. The molecule has 0 spiro atoms. The summed E-state index contributed by atoms with van der Waals surface area (Å²) in [6.45, 7) is 0. The van der Waals surface area contributed by atoms with Crippen LogP contribution in [0.5, 0.6) is 11.5 Å². The lowest BCUT2D eigenvalue weighted by Crippen LogP contribution is -1.85. The molecule has 16 heavy (non-hydrogen) atoms. The van der Waals surface area contributed by atoms with E-state index in [2.05, 4.69) is 12.6 Å². The van der Waals surface area contributed by atoms with Crippen molar-refractivity contribution >= 4 is 21.7 Å². The average Bonchev–Trinajstić information content (AvgIpc) is 2.33. The fourth-order valence-corrected chi connectivity index (χ4v) is 1.98. The minimum Gasteiger partial charge on any atom is -0.441 e. The van der Waals surface area contributed by atoms with Crippen LogP contribution in [0.15, 0.2) is 59.5 Å². The van der Waals surface area contributed by atoms with E-state index in [9.17, 15) is 0 Å². The first-order valence-corrected chi connectivity index (χ1v) is 6.04. The first kappa shape index (κ1) is 11.3. The third-order valence-electron chi connectivity index (χ3n) is 1.92. The molecule has 82 valence electrons. The summed E-state index contributed by atoms with van der Waals surface area (Å²) in [6.07, 6.45) is 0. The number of hydrogen-bond acceptors (Lipinski definition) is 3. The lowest BCUT2D eigenvalue weighted by Gasteiger charge is -2.08. The SMILES string of the molecule is Sc1ccccc1OPOc1ccccc1. The molecule has 1 atom stereocenters. The van der Waals surface area contributed by atoms with Crippen molar-refractivity contribution < 1.29 is 9.05 Å². The van der Waals surface area contributed by atoms with E-state index < -0.39 is 0 Å². The second-order valence-electron chi connectivity index (χ2n) is 3.07. The van der Waals surface area contributed by atoms with Gasteiger partial charge < -0.3 is 9.05 Å². The van der Waals surface area contributed by atoms with Crippen molar-refractivity contribution in [1.82, 2.24) is 0 Å². The van der Waals surface area contributed by atoms with Crippen molar-refractivity contribution in [2.45, 2.75) is 4.90 Å². The number of thiol groups is 1. The summed E-state index contributed by atoms with van der Waals surface area (Å²) in [5.74, 6) is 1.54. The third kappa shape index (κ3) is 3.16. The Kier molecular flexibility index (Phi) is 4.09. The zero-order chi connectivity index (χ0) is 11.2. The maximum Gasteiger partial charge on any atom is 0.275 e. The molecule has 2 rings (SSSR count). The van der Waals surface area contributed by atoms with Gasteiger partial charge in [0.05, 0.1) is 0 Å². The van der Waals surface area contributed by atoms with E-state index >= 15 is 0 Å². The fourth-order valence-electron chi connectivity index (χ4n) is 1.15. The van der Waals surface area contributed by atoms with Crippen LogP contribution in [0.2, 0.25) is 0 Å². The van der Waals surface area contributed by atoms with Crippen LogP contribution in [0.1, 0.15) is 0 Å². The normalized spacial score (nSPS) is 10.6. The summed E-state index contributed by atoms with van der Waals surface area (Å²) in [7, 11) is -0.0654. The van der Waals surface area contributed by atoms with E-state index in [1.165, 1.54) is 0 Å². The Labute approximate surface area is 102 Å². The fraction of sp³-hybridized carbons (Fsp3) is 0. The molecule has 0 radical (unpaired) electrons. The van der Waals surface area contributed by atoms with Crippen LogP contribution in [-0.2, 0) is 0 Å². The molecule has 0 fully saturated rings. The summed E-state index contributed by atoms with van der Waals surface area (Å²) in [5, 5.41) is 0. The highest BCUT2D eigenvalue weighted by Crippen LogP contribution is 2.29. The summed E-state index contributed by atoms with van der Waals surface area (Å²) < 4.78 is 10.9. The van der Waals surface area contributed by atoms with Crippen LogP contribution in [0, 0.1) is 0 Å². The second kappa shape index (κ2) is 5.78. The van der Waals surface area contributed by atoms with Crippen LogP contribution in [0.25, 0.3) is 0 Å². The van der Waals surface area contributed by atoms with Gasteiger partial charge in [0.2, 0.25) is 0 Å². The summed E-state index contributed by atoms with van der Waals surface area (Å²) in [6, 6.07) is 17.1. The van der Waals surface area contributed by atoms with Gasteiger partial charge in [-0.25, -0.2) is 0 Å². The van der Waals surface area contributed by atoms with Crippen LogP contribution < -0.4 is 9.05 Å². The Morgan fingerprint density at radius 1 is 0.812 bits per heavy atom. The van der Waals surface area contributed by atoms with Gasteiger partial charge in [-0.3, -0.25) is 0 Å². The smallest absolute Gasteiger partial charge is 0.275 e. The van der Waals surface area contributed by atoms with E-state index in [4.69, 9.17) is 9.05 Å². The van der Waals surface area contributed by atoms with Gasteiger partial charge >= 0.3 is 0 Å². The molecule has 0 saturated heterocycles. The largest absolute Gasteiger partial charge is 0.441 e. The number of benzene rings is 2. The maximum atomic E-state index is 5.47. The quantitative estimate of drug-likeness (QED) is 0.654. The van der Waals surface area contributed by atoms with Gasteiger partial charge in [0, 0.05) is 4.90 Å². The number of hydrogen-bond donors (Lipinski definition) is 1. The van der Waals surface area contributed by atoms with Crippen molar-refractivity contribution in [2.24, 2.45) is 0 Å². The molecular weight excluding hydrogens is 239 g/mol. The number of para-hydroxylation sites is 2. The molecule has 2 nitrogen and oxygen atoms in total. The van der Waals surface area contributed by atoms with Gasteiger partial charge in [0.15, 0.2) is 0 Å². The molecular formula is C12H11O2PS. The van der Waals surface area contributed by atoms with Gasteiger partial charge in [0.1, 0.15) is 11.5 Å². The summed E-state index contributed by atoms with van der Waals surface area (Å²) in [4.78, 5) is 0.812. The van der Waals surface area contributed by atoms with E-state index in [1.54, 1.807) is 0 Å². The standard InChI is InChI=1S/C12H11O2PS/c16-12-9-5-4-8-11(12)14-15-13-10-6-2-1-3-7-10/h1-9,15-16H. The highest BCUT2D eigenvalue weighted by molar-refractivity contribution is 7.80. The van der Waals surface area contributed by atoms with Crippen molar-refractivity contribution in [3.8, 4) is 11.5 Å². The van der Waals surface area contributed by atoms with Crippen molar-refractivity contribution in [3.63, 3.8) is 0 Å². The summed E-state index contributed by atoms with van der Waals surface area (Å²) >= 11 is 4.28. The van der Waals surface area contributed by atoms with Crippen molar-refractivity contribution in [2.75, 3.05) is 0 Å². The first-order chi connectivity index (χ1) is 7.86. The monoisotopic (exact) mass is 250 g/mol. The lowest BCUT2D eigenvalue weighted by atomic mass is 10.3. The molecule has 2 aromatic carbocycles. The maximum absolute atomic E-state index is 5.47. The second-order valence-corrected chi connectivity index (χ2v) is 4.12. The topological polar surface area (TPSA) is 18.5 Å². The van der Waals surface area contributed by atoms with Crippen molar-refractivity contribution in [3.05, 3.63) is 54.6 Å². The Hall–Kier alpha value is -1.18. The Morgan fingerprint density at radius 3 is 2.25 bits per heavy atom. The van der Waals surface area contributed by atoms with Gasteiger partial charge in [-0.05, 0) is 24.3 Å². The molecule has 2 aromatic rings. The molecule has 1 unspecified atom stereocenters. The molecule has 0 heterocycles. The molecule has 0 bridgehead atoms. The van der Waals surface area contributed by atoms with E-state index in [0.717, 1.165) is 16.4 Å². The predicted octanol–water partition coefficient (Wildman–Crippen LogP) is 3.94. The van der Waals surface area contributed by atoms with E-state index in [0.29, 0.717) is 0 Å². The highest BCUT2D eigenvalue weighted by atomic mass is 32.1. The zero-order valence-corrected chi connectivity index (χ0v) is 10.4. The molecule has 0 aliphatic heterocycles. The van der Waals surface area contributed by atoms with Gasteiger partial charge in [-0.1, -0.05) is 30.3 Å². The first-order valence-electron chi connectivity index (χ1n) is 4.78. The molecule has 0 amide bonds. The third-order valence-corrected chi connectivity index (χ3v) is 2.91. The van der Waals surface area contributed by atoms with Crippen molar-refractivity contribution in [1.29, 1.82) is 0 Å². The lowest BCUT2D eigenvalue weighted by molar-refractivity contribution is 0.509. The van der Waals surface area contributed by atoms with Crippen LogP contribution in [-0.4, -0.2) is 0 Å².